The quantitative estimate of drug-likeness (QED) is 0.786. The van der Waals surface area contributed by atoms with E-state index in [4.69, 9.17) is 11.6 Å². The topological polar surface area (TPSA) is 40.6 Å². The molecular weight excluding hydrogens is 332 g/mol. The van der Waals surface area contributed by atoms with Gasteiger partial charge in [-0.2, -0.15) is 12.7 Å². The average Bonchev–Trinajstić information content (AvgIpc) is 2.52. The maximum Gasteiger partial charge on any atom is 0.308 e. The van der Waals surface area contributed by atoms with Gasteiger partial charge in [0.2, 0.25) is 0 Å². The van der Waals surface area contributed by atoms with Crippen molar-refractivity contribution in [3.63, 3.8) is 0 Å². The van der Waals surface area contributed by atoms with Gasteiger partial charge in [0.1, 0.15) is 0 Å². The molecule has 0 amide bonds. The predicted molar refractivity (Wildman–Crippen MR) is 94.4 cm³/mol. The largest absolute Gasteiger partial charge is 0.308 e. The summed E-state index contributed by atoms with van der Waals surface area (Å²) in [6, 6.07) is 15.2. The first-order valence-electron chi connectivity index (χ1n) is 7.55. The number of rotatable bonds is 4. The number of halogens is 1. The van der Waals surface area contributed by atoms with Crippen molar-refractivity contribution >= 4 is 33.2 Å². The monoisotopic (exact) mass is 350 g/mol. The van der Waals surface area contributed by atoms with Crippen LogP contribution in [0.4, 0.5) is 11.4 Å². The Morgan fingerprint density at radius 2 is 1.91 bits per heavy atom. The van der Waals surface area contributed by atoms with Gasteiger partial charge in [-0.3, -0.25) is 0 Å². The second-order valence-corrected chi connectivity index (χ2v) is 7.77. The number of hydrogen-bond acceptors (Lipinski definition) is 2. The maximum atomic E-state index is 13.1. The van der Waals surface area contributed by atoms with Gasteiger partial charge in [-0.1, -0.05) is 30.3 Å². The maximum absolute atomic E-state index is 13.1. The third-order valence-corrected chi connectivity index (χ3v) is 5.99. The lowest BCUT2D eigenvalue weighted by Crippen LogP contribution is -2.45. The molecule has 0 saturated carbocycles. The fourth-order valence-corrected chi connectivity index (χ4v) is 4.63. The van der Waals surface area contributed by atoms with Gasteiger partial charge in [0.15, 0.2) is 0 Å². The molecule has 122 valence electrons. The Kier molecular flexibility index (Phi) is 4.62. The van der Waals surface area contributed by atoms with Gasteiger partial charge >= 0.3 is 10.2 Å². The summed E-state index contributed by atoms with van der Waals surface area (Å²) in [6.07, 6.45) is 0.630. The van der Waals surface area contributed by atoms with Crippen LogP contribution in [0.3, 0.4) is 0 Å². The van der Waals surface area contributed by atoms with Crippen molar-refractivity contribution in [1.29, 1.82) is 0 Å². The molecule has 0 atom stereocenters. The van der Waals surface area contributed by atoms with Crippen LogP contribution in [-0.2, 0) is 16.8 Å². The molecule has 0 unspecified atom stereocenters. The van der Waals surface area contributed by atoms with Crippen molar-refractivity contribution in [3.05, 3.63) is 59.7 Å². The van der Waals surface area contributed by atoms with Crippen LogP contribution in [-0.4, -0.2) is 25.1 Å². The number of alkyl halides is 1. The Morgan fingerprint density at radius 1 is 1.13 bits per heavy atom. The number of hydrogen-bond donors (Lipinski definition) is 0. The Balaban J connectivity index is 2.14. The van der Waals surface area contributed by atoms with Crippen molar-refractivity contribution in [2.24, 2.45) is 0 Å². The van der Waals surface area contributed by atoms with Gasteiger partial charge in [0.25, 0.3) is 0 Å². The third kappa shape index (κ3) is 3.09. The molecule has 0 aliphatic carbocycles. The molecule has 23 heavy (non-hydrogen) atoms. The first-order valence-corrected chi connectivity index (χ1v) is 9.48. The number of anilines is 2. The highest BCUT2D eigenvalue weighted by molar-refractivity contribution is 7.90. The highest BCUT2D eigenvalue weighted by Gasteiger charge is 2.37. The molecule has 0 aromatic heterocycles. The summed E-state index contributed by atoms with van der Waals surface area (Å²) in [5.74, 6) is 0.443. The second-order valence-electron chi connectivity index (χ2n) is 5.62. The zero-order valence-corrected chi connectivity index (χ0v) is 14.5. The highest BCUT2D eigenvalue weighted by Crippen LogP contribution is 2.38. The number of benzene rings is 2. The van der Waals surface area contributed by atoms with Crippen molar-refractivity contribution in [3.8, 4) is 0 Å². The molecule has 0 radical (unpaired) electrons. The van der Waals surface area contributed by atoms with Crippen LogP contribution in [0.1, 0.15) is 17.5 Å². The summed E-state index contributed by atoms with van der Waals surface area (Å²) in [5.41, 5.74) is 3.40. The smallest absolute Gasteiger partial charge is 0.225 e. The minimum Gasteiger partial charge on any atom is -0.225 e. The molecule has 0 spiro atoms. The van der Waals surface area contributed by atoms with Crippen molar-refractivity contribution in [1.82, 2.24) is 4.31 Å². The molecule has 0 bridgehead atoms. The fraction of sp³-hybridized carbons (Fsp3) is 0.294. The van der Waals surface area contributed by atoms with Crippen molar-refractivity contribution in [2.45, 2.75) is 19.9 Å². The van der Waals surface area contributed by atoms with Gasteiger partial charge in [-0.25, -0.2) is 4.31 Å². The SMILES string of the molecule is Cc1cccc(N2c3ccccc3CN(CCCCl)S2(=O)=O)c1. The number of nitrogens with zero attached hydrogens (tertiary/aromatic N) is 2. The van der Waals surface area contributed by atoms with Crippen LogP contribution in [0, 0.1) is 6.92 Å². The fourth-order valence-electron chi connectivity index (χ4n) is 2.81. The molecule has 2 aromatic carbocycles. The van der Waals surface area contributed by atoms with Crippen LogP contribution < -0.4 is 4.31 Å². The molecular formula is C17H19ClN2O2S. The van der Waals surface area contributed by atoms with E-state index in [-0.39, 0.29) is 0 Å². The van der Waals surface area contributed by atoms with E-state index in [1.807, 2.05) is 55.5 Å². The van der Waals surface area contributed by atoms with Crippen LogP contribution in [0.25, 0.3) is 0 Å². The lowest BCUT2D eigenvalue weighted by Gasteiger charge is -2.37. The molecule has 1 heterocycles. The molecule has 1 aliphatic heterocycles. The first-order chi connectivity index (χ1) is 11.0. The predicted octanol–water partition coefficient (Wildman–Crippen LogP) is 3.82. The van der Waals surface area contributed by atoms with Crippen molar-refractivity contribution < 1.29 is 8.42 Å². The normalized spacial score (nSPS) is 17.0. The Bertz CT molecular complexity index is 808. The van der Waals surface area contributed by atoms with E-state index in [0.717, 1.165) is 16.8 Å². The molecule has 1 aliphatic rings. The van der Waals surface area contributed by atoms with Crippen molar-refractivity contribution in [2.75, 3.05) is 16.7 Å². The summed E-state index contributed by atoms with van der Waals surface area (Å²) in [7, 11) is -3.61. The van der Waals surface area contributed by atoms with E-state index in [1.54, 1.807) is 0 Å². The first kappa shape index (κ1) is 16.3. The molecule has 2 aromatic rings. The zero-order chi connectivity index (χ0) is 16.4. The van der Waals surface area contributed by atoms with Crippen LogP contribution in [0.2, 0.25) is 0 Å². The summed E-state index contributed by atoms with van der Waals surface area (Å²) in [6.45, 7) is 2.76. The minimum absolute atomic E-state index is 0.387. The average molecular weight is 351 g/mol. The Labute approximate surface area is 142 Å². The van der Waals surface area contributed by atoms with E-state index in [0.29, 0.717) is 31.1 Å². The van der Waals surface area contributed by atoms with E-state index < -0.39 is 10.2 Å². The standard InChI is InChI=1S/C17H19ClN2O2S/c1-14-6-4-8-16(12-14)20-17-9-3-2-7-15(17)13-19(11-5-10-18)23(20,21)22/h2-4,6-9,12H,5,10-11,13H2,1H3. The lowest BCUT2D eigenvalue weighted by atomic mass is 10.1. The summed E-state index contributed by atoms with van der Waals surface area (Å²) in [4.78, 5) is 0. The zero-order valence-electron chi connectivity index (χ0n) is 12.9. The summed E-state index contributed by atoms with van der Waals surface area (Å²) < 4.78 is 29.1. The lowest BCUT2D eigenvalue weighted by molar-refractivity contribution is 0.400. The second kappa shape index (κ2) is 6.51. The van der Waals surface area contributed by atoms with Crippen LogP contribution in [0.5, 0.6) is 0 Å². The van der Waals surface area contributed by atoms with Gasteiger partial charge in [0, 0.05) is 19.0 Å². The van der Waals surface area contributed by atoms with E-state index in [1.165, 1.54) is 8.61 Å². The van der Waals surface area contributed by atoms with Crippen LogP contribution >= 0.6 is 11.6 Å². The van der Waals surface area contributed by atoms with Gasteiger partial charge in [0.05, 0.1) is 11.4 Å². The van der Waals surface area contributed by atoms with Gasteiger partial charge in [-0.05, 0) is 42.7 Å². The molecule has 4 nitrogen and oxygen atoms in total. The summed E-state index contributed by atoms with van der Waals surface area (Å²) >= 11 is 5.75. The molecule has 6 heteroatoms. The molecule has 0 N–H and O–H groups in total. The highest BCUT2D eigenvalue weighted by atomic mass is 35.5. The number of fused-ring (bicyclic) bond motifs is 1. The number of aryl methyl sites for hydroxylation is 1. The molecule has 0 saturated heterocycles. The minimum atomic E-state index is -3.61. The Hall–Kier alpha value is -1.56. The van der Waals surface area contributed by atoms with E-state index in [2.05, 4.69) is 0 Å². The molecule has 0 fully saturated rings. The van der Waals surface area contributed by atoms with Crippen LogP contribution in [0.15, 0.2) is 48.5 Å². The van der Waals surface area contributed by atoms with E-state index in [9.17, 15) is 8.42 Å². The number of para-hydroxylation sites is 1. The van der Waals surface area contributed by atoms with E-state index >= 15 is 0 Å². The van der Waals surface area contributed by atoms with Gasteiger partial charge < -0.3 is 0 Å². The third-order valence-electron chi connectivity index (χ3n) is 3.89. The van der Waals surface area contributed by atoms with Gasteiger partial charge in [-0.15, -0.1) is 11.6 Å². The summed E-state index contributed by atoms with van der Waals surface area (Å²) in [5, 5.41) is 0. The molecule has 3 rings (SSSR count). The Morgan fingerprint density at radius 3 is 2.65 bits per heavy atom.